The molecule has 0 aromatic heterocycles. The van der Waals surface area contributed by atoms with E-state index in [1.165, 1.54) is 44.1 Å². The molecule has 1 amide bonds. The lowest BCUT2D eigenvalue weighted by Crippen LogP contribution is -2.61. The number of carboxylic acid groups (broad SMARTS) is 1. The van der Waals surface area contributed by atoms with Gasteiger partial charge < -0.3 is 48.6 Å². The zero-order valence-corrected chi connectivity index (χ0v) is 52.3. The van der Waals surface area contributed by atoms with E-state index in [1.807, 2.05) is 58.1 Å². The van der Waals surface area contributed by atoms with Crippen molar-refractivity contribution < 1.29 is 72.5 Å². The predicted molar refractivity (Wildman–Crippen MR) is 319 cm³/mol. The van der Waals surface area contributed by atoms with Crippen LogP contribution >= 0.6 is 0 Å². The highest BCUT2D eigenvalue weighted by Crippen LogP contribution is 2.41. The summed E-state index contributed by atoms with van der Waals surface area (Å²) in [6, 6.07) is -1.18. The number of aliphatic hydroxyl groups is 2. The van der Waals surface area contributed by atoms with Crippen molar-refractivity contribution >= 4 is 35.2 Å². The lowest BCUT2D eigenvalue weighted by molar-refractivity contribution is -0.265. The van der Waals surface area contributed by atoms with Crippen LogP contribution in [0.3, 0.4) is 0 Å². The van der Waals surface area contributed by atoms with Gasteiger partial charge in [-0.05, 0) is 120 Å². The number of methoxy groups -OCH3 is 3. The Labute approximate surface area is 497 Å². The Morgan fingerprint density at radius 3 is 2.01 bits per heavy atom. The van der Waals surface area contributed by atoms with Crippen molar-refractivity contribution in [2.75, 3.05) is 27.9 Å². The molecule has 3 aliphatic heterocycles. The fourth-order valence-corrected chi connectivity index (χ4v) is 13.8. The quantitative estimate of drug-likeness (QED) is 0.105. The summed E-state index contributed by atoms with van der Waals surface area (Å²) < 4.78 is 37.5. The number of hydrogen-bond donors (Lipinski definition) is 3. The van der Waals surface area contributed by atoms with E-state index in [-0.39, 0.29) is 61.4 Å². The maximum absolute atomic E-state index is 14.8. The molecule has 4 fully saturated rings. The maximum Gasteiger partial charge on any atom is 0.329 e. The first kappa shape index (κ1) is 69.9. The van der Waals surface area contributed by atoms with Gasteiger partial charge in [-0.2, -0.15) is 0 Å². The SMILES string of the molecule is CO[C@H]1C[C@@H]2CC[C@@H](C)[C@@](O)(O2)C(=O)C(=O)N2CCCC[C@H]2C(=O)O[C@H]([C@H](C)C[C@@H]2CC[C@@H](OC3(CC(=O)O)CCCCCCCCCCCCC3)[C@H](OC)C2)CC(=O)[C@H](C)/C=C(\C)[C@@H](O)[C@@H](OC)C(=O)[C@H](C)C[C@H](C)/C=C/C=C/C=C/1C. The second-order valence-electron chi connectivity index (χ2n) is 25.8. The van der Waals surface area contributed by atoms with Gasteiger partial charge >= 0.3 is 11.9 Å². The third kappa shape index (κ3) is 20.6. The Morgan fingerprint density at radius 2 is 1.40 bits per heavy atom. The van der Waals surface area contributed by atoms with E-state index >= 15 is 0 Å². The number of esters is 1. The smallest absolute Gasteiger partial charge is 0.329 e. The standard InChI is InChI=1S/C67H107NO15/c1-44-27-21-20-22-28-45(2)56(78-8)41-52-32-30-50(7)67(77,82-52)63(74)64(75)68-36-26-23-29-53(68)65(76)81-57(42-54(69)46(3)38-49(6)61(73)62(80-10)60(72)48(5)37-44)47(4)39-51-31-33-55(58(40-51)79-9)83-66(43-59(70)71)34-24-18-16-14-12-11-13-15-17-19-25-35-66/h20-22,27-28,38,44,46-48,50-53,55-58,61-62,73,77H,11-19,23-26,29-37,39-43H2,1-10H3,(H,70,71)/b22-20+,27-21+,45-28+,49-38+/t44-,46-,47-,48-,50-,51+,52+,53+,55-,56+,57+,58-,61-,62+,67-/m1/s1. The molecule has 0 spiro atoms. The van der Waals surface area contributed by atoms with Crippen LogP contribution < -0.4 is 0 Å². The molecule has 15 atom stereocenters. The maximum atomic E-state index is 14.8. The second kappa shape index (κ2) is 34.4. The molecule has 0 radical (unpaired) electrons. The average Bonchev–Trinajstić information content (AvgIpc) is 3.46. The summed E-state index contributed by atoms with van der Waals surface area (Å²) in [7, 11) is 4.63. The summed E-state index contributed by atoms with van der Waals surface area (Å²) in [6.07, 6.45) is 24.9. The van der Waals surface area contributed by atoms with Gasteiger partial charge in [0.2, 0.25) is 5.79 Å². The van der Waals surface area contributed by atoms with E-state index in [4.69, 9.17) is 28.4 Å². The summed E-state index contributed by atoms with van der Waals surface area (Å²) in [4.78, 5) is 86.0. The summed E-state index contributed by atoms with van der Waals surface area (Å²) in [6.45, 7) is 12.8. The van der Waals surface area contributed by atoms with Crippen LogP contribution in [0.15, 0.2) is 47.6 Å². The molecule has 16 nitrogen and oxygen atoms in total. The number of carbonyl (C=O) groups excluding carboxylic acids is 5. The first-order chi connectivity index (χ1) is 39.6. The van der Waals surface area contributed by atoms with Crippen LogP contribution in [0.2, 0.25) is 0 Å². The van der Waals surface area contributed by atoms with E-state index in [1.54, 1.807) is 41.1 Å². The zero-order valence-electron chi connectivity index (χ0n) is 52.3. The Kier molecular flexibility index (Phi) is 29.0. The van der Waals surface area contributed by atoms with Gasteiger partial charge in [-0.25, -0.2) is 4.79 Å². The van der Waals surface area contributed by atoms with Crippen LogP contribution in [-0.4, -0.2) is 143 Å². The van der Waals surface area contributed by atoms with Crippen molar-refractivity contribution in [2.45, 2.75) is 276 Å². The fourth-order valence-electron chi connectivity index (χ4n) is 13.8. The van der Waals surface area contributed by atoms with E-state index in [9.17, 15) is 44.1 Å². The molecule has 2 saturated carbocycles. The van der Waals surface area contributed by atoms with Crippen LogP contribution in [0.25, 0.3) is 0 Å². The van der Waals surface area contributed by atoms with Gasteiger partial charge in [0, 0.05) is 58.5 Å². The molecule has 470 valence electrons. The first-order valence-electron chi connectivity index (χ1n) is 31.9. The highest BCUT2D eigenvalue weighted by Gasteiger charge is 2.53. The van der Waals surface area contributed by atoms with Crippen LogP contribution in [0.1, 0.15) is 215 Å². The van der Waals surface area contributed by atoms with Gasteiger partial charge in [-0.3, -0.25) is 24.0 Å². The number of hydrogen-bond acceptors (Lipinski definition) is 14. The summed E-state index contributed by atoms with van der Waals surface area (Å²) in [5, 5.41) is 34.1. The molecular formula is C67H107NO15. The normalized spacial score (nSPS) is 37.1. The molecule has 2 bridgehead atoms. The number of aliphatic carboxylic acids is 1. The Balaban J connectivity index is 1.44. The minimum absolute atomic E-state index is 0.00194. The number of allylic oxidation sites excluding steroid dienone is 6. The molecule has 0 aromatic carbocycles. The Morgan fingerprint density at radius 1 is 0.747 bits per heavy atom. The third-order valence-corrected chi connectivity index (χ3v) is 19.1. The number of carboxylic acids is 1. The summed E-state index contributed by atoms with van der Waals surface area (Å²) >= 11 is 0. The highest BCUT2D eigenvalue weighted by molar-refractivity contribution is 6.39. The van der Waals surface area contributed by atoms with Crippen molar-refractivity contribution in [1.29, 1.82) is 0 Å². The lowest BCUT2D eigenvalue weighted by atomic mass is 9.77. The number of ketones is 3. The van der Waals surface area contributed by atoms with Gasteiger partial charge in [-0.15, -0.1) is 0 Å². The van der Waals surface area contributed by atoms with E-state index in [0.29, 0.717) is 76.2 Å². The lowest BCUT2D eigenvalue weighted by Gasteiger charge is -2.43. The zero-order chi connectivity index (χ0) is 60.9. The van der Waals surface area contributed by atoms with E-state index in [2.05, 4.69) is 0 Å². The average molecular weight is 1170 g/mol. The highest BCUT2D eigenvalue weighted by atomic mass is 16.6. The summed E-state index contributed by atoms with van der Waals surface area (Å²) in [5.74, 6) is -9.11. The van der Waals surface area contributed by atoms with E-state index < -0.39 is 95.3 Å². The van der Waals surface area contributed by atoms with Gasteiger partial charge in [0.1, 0.15) is 30.1 Å². The molecule has 0 aromatic rings. The van der Waals surface area contributed by atoms with Crippen LogP contribution in [0.5, 0.6) is 0 Å². The molecule has 3 N–H and O–H groups in total. The van der Waals surface area contributed by atoms with Crippen LogP contribution in [0, 0.1) is 35.5 Å². The van der Waals surface area contributed by atoms with Gasteiger partial charge in [0.05, 0.1) is 36.4 Å². The fraction of sp³-hybridized carbons (Fsp3) is 0.791. The van der Waals surface area contributed by atoms with Crippen molar-refractivity contribution in [2.24, 2.45) is 35.5 Å². The van der Waals surface area contributed by atoms with Crippen LogP contribution in [-0.2, 0) is 57.2 Å². The van der Waals surface area contributed by atoms with Crippen molar-refractivity contribution in [3.05, 3.63) is 47.6 Å². The number of carbonyl (C=O) groups is 6. The largest absolute Gasteiger partial charge is 0.481 e. The topological polar surface area (TPSA) is 222 Å². The number of nitrogens with zero attached hydrogens (tertiary/aromatic N) is 1. The Bertz CT molecular complexity index is 2210. The molecule has 2 aliphatic carbocycles. The number of aliphatic hydroxyl groups excluding tert-OH is 1. The molecule has 5 rings (SSSR count). The minimum Gasteiger partial charge on any atom is -0.481 e. The molecule has 3 heterocycles. The van der Waals surface area contributed by atoms with Gasteiger partial charge in [0.25, 0.3) is 11.7 Å². The number of ether oxygens (including phenoxy) is 6. The third-order valence-electron chi connectivity index (χ3n) is 19.1. The molecule has 0 unspecified atom stereocenters. The number of piperidine rings is 1. The number of Topliss-reactive ketones (excluding diaryl/α,β-unsaturated/α-hetero) is 3. The Hall–Kier alpha value is -3.90. The van der Waals surface area contributed by atoms with Crippen molar-refractivity contribution in [3.63, 3.8) is 0 Å². The first-order valence-corrected chi connectivity index (χ1v) is 31.9. The minimum atomic E-state index is -2.46. The van der Waals surface area contributed by atoms with E-state index in [0.717, 1.165) is 50.5 Å². The van der Waals surface area contributed by atoms with Crippen molar-refractivity contribution in [3.8, 4) is 0 Å². The molecule has 16 heteroatoms. The summed E-state index contributed by atoms with van der Waals surface area (Å²) in [5.41, 5.74) is 0.446. The number of rotatable bonds is 10. The number of cyclic esters (lactones) is 1. The number of amides is 1. The van der Waals surface area contributed by atoms with Gasteiger partial charge in [0.15, 0.2) is 5.78 Å². The van der Waals surface area contributed by atoms with Crippen molar-refractivity contribution in [1.82, 2.24) is 4.90 Å². The second-order valence-corrected chi connectivity index (χ2v) is 25.8. The number of fused-ring (bicyclic) bond motifs is 3. The molecule has 5 aliphatic rings. The predicted octanol–water partition coefficient (Wildman–Crippen LogP) is 11.5. The monoisotopic (exact) mass is 1170 g/mol. The van der Waals surface area contributed by atoms with Gasteiger partial charge in [-0.1, -0.05) is 142 Å². The van der Waals surface area contributed by atoms with Crippen LogP contribution in [0.4, 0.5) is 0 Å². The molecule has 83 heavy (non-hydrogen) atoms. The molecule has 2 saturated heterocycles. The molecular weight excluding hydrogens is 1060 g/mol.